The Balaban J connectivity index is 1.58. The fraction of sp³-hybridized carbons (Fsp3) is 0.250. The van der Waals surface area contributed by atoms with Crippen LogP contribution < -0.4 is 4.90 Å². The summed E-state index contributed by atoms with van der Waals surface area (Å²) in [5.41, 5.74) is 2.14. The molecule has 0 N–H and O–H groups in total. The first kappa shape index (κ1) is 14.1. The third kappa shape index (κ3) is 3.61. The second-order valence-electron chi connectivity index (χ2n) is 4.92. The van der Waals surface area contributed by atoms with E-state index in [2.05, 4.69) is 55.4 Å². The molecule has 3 rings (SSSR count). The zero-order chi connectivity index (χ0) is 14.5. The van der Waals surface area contributed by atoms with Gasteiger partial charge in [0.15, 0.2) is 0 Å². The molecule has 0 radical (unpaired) electrons. The molecule has 4 nitrogen and oxygen atoms in total. The van der Waals surface area contributed by atoms with E-state index in [-0.39, 0.29) is 0 Å². The number of benzene rings is 2. The molecule has 1 aliphatic heterocycles. The van der Waals surface area contributed by atoms with Gasteiger partial charge in [-0.25, -0.2) is 0 Å². The maximum Gasteiger partial charge on any atom is 0.102 e. The Labute approximate surface area is 133 Å². The smallest absolute Gasteiger partial charge is 0.102 e. The summed E-state index contributed by atoms with van der Waals surface area (Å²) in [5.74, 6) is 0. The molecule has 0 bridgehead atoms. The largest absolute Gasteiger partial charge is 0.368 e. The molecule has 0 aliphatic carbocycles. The minimum absolute atomic E-state index is 0.864. The maximum absolute atomic E-state index is 4.34. The molecule has 0 amide bonds. The van der Waals surface area contributed by atoms with Gasteiger partial charge < -0.3 is 4.90 Å². The lowest BCUT2D eigenvalue weighted by Gasteiger charge is -2.33. The van der Waals surface area contributed by atoms with E-state index >= 15 is 0 Å². The fourth-order valence-corrected chi connectivity index (χ4v) is 2.69. The molecule has 0 spiro atoms. The van der Waals surface area contributed by atoms with Crippen LogP contribution >= 0.6 is 15.9 Å². The lowest BCUT2D eigenvalue weighted by atomic mass is 10.2. The van der Waals surface area contributed by atoms with Crippen molar-refractivity contribution in [2.45, 2.75) is 0 Å². The van der Waals surface area contributed by atoms with E-state index in [0.29, 0.717) is 0 Å². The third-order valence-electron chi connectivity index (χ3n) is 3.51. The lowest BCUT2D eigenvalue weighted by Crippen LogP contribution is -2.43. The van der Waals surface area contributed by atoms with Crippen molar-refractivity contribution >= 4 is 27.3 Å². The maximum atomic E-state index is 4.34. The SMILES string of the molecule is Brc1ccccc1/N=N/N1CCN(c2ccccc2)CC1. The minimum atomic E-state index is 0.864. The van der Waals surface area contributed by atoms with Crippen LogP contribution in [0, 0.1) is 0 Å². The lowest BCUT2D eigenvalue weighted by molar-refractivity contribution is 0.254. The van der Waals surface area contributed by atoms with E-state index in [0.717, 1.165) is 36.3 Å². The summed E-state index contributed by atoms with van der Waals surface area (Å²) in [5, 5.41) is 10.7. The number of piperazine rings is 1. The average molecular weight is 345 g/mol. The molecule has 5 heteroatoms. The van der Waals surface area contributed by atoms with Crippen molar-refractivity contribution in [3.8, 4) is 0 Å². The summed E-state index contributed by atoms with van der Waals surface area (Å²) in [7, 11) is 0. The van der Waals surface area contributed by atoms with Crippen molar-refractivity contribution in [1.82, 2.24) is 5.01 Å². The minimum Gasteiger partial charge on any atom is -0.368 e. The van der Waals surface area contributed by atoms with Gasteiger partial charge in [0.05, 0.1) is 13.1 Å². The summed E-state index contributed by atoms with van der Waals surface area (Å²) >= 11 is 3.48. The first-order chi connectivity index (χ1) is 10.3. The Morgan fingerprint density at radius 3 is 2.19 bits per heavy atom. The van der Waals surface area contributed by atoms with E-state index in [4.69, 9.17) is 0 Å². The molecule has 1 heterocycles. The number of anilines is 1. The van der Waals surface area contributed by atoms with Crippen LogP contribution in [0.15, 0.2) is 69.4 Å². The van der Waals surface area contributed by atoms with Gasteiger partial charge in [0.25, 0.3) is 0 Å². The van der Waals surface area contributed by atoms with E-state index < -0.39 is 0 Å². The van der Waals surface area contributed by atoms with Gasteiger partial charge in [-0.05, 0) is 40.2 Å². The Hall–Kier alpha value is -1.88. The van der Waals surface area contributed by atoms with Crippen LogP contribution in [0.2, 0.25) is 0 Å². The van der Waals surface area contributed by atoms with Crippen LogP contribution in [0.3, 0.4) is 0 Å². The van der Waals surface area contributed by atoms with Gasteiger partial charge in [-0.2, -0.15) is 0 Å². The van der Waals surface area contributed by atoms with E-state index in [1.807, 2.05) is 35.3 Å². The van der Waals surface area contributed by atoms with Crippen molar-refractivity contribution < 1.29 is 0 Å². The highest BCUT2D eigenvalue weighted by atomic mass is 79.9. The zero-order valence-corrected chi connectivity index (χ0v) is 13.3. The highest BCUT2D eigenvalue weighted by Crippen LogP contribution is 2.25. The van der Waals surface area contributed by atoms with E-state index in [1.165, 1.54) is 5.69 Å². The number of rotatable bonds is 3. The van der Waals surface area contributed by atoms with Crippen LogP contribution in [0.5, 0.6) is 0 Å². The predicted molar refractivity (Wildman–Crippen MR) is 88.9 cm³/mol. The number of hydrogen-bond donors (Lipinski definition) is 0. The van der Waals surface area contributed by atoms with Crippen LogP contribution in [0.1, 0.15) is 0 Å². The van der Waals surface area contributed by atoms with Crippen molar-refractivity contribution in [3.63, 3.8) is 0 Å². The van der Waals surface area contributed by atoms with Crippen LogP contribution in [0.4, 0.5) is 11.4 Å². The van der Waals surface area contributed by atoms with Crippen molar-refractivity contribution in [2.75, 3.05) is 31.1 Å². The van der Waals surface area contributed by atoms with Crippen molar-refractivity contribution in [1.29, 1.82) is 0 Å². The van der Waals surface area contributed by atoms with E-state index in [1.54, 1.807) is 0 Å². The van der Waals surface area contributed by atoms with E-state index in [9.17, 15) is 0 Å². The van der Waals surface area contributed by atoms with Gasteiger partial charge in [0, 0.05) is 23.2 Å². The highest BCUT2D eigenvalue weighted by Gasteiger charge is 2.15. The molecular formula is C16H17BrN4. The Morgan fingerprint density at radius 2 is 1.48 bits per heavy atom. The molecule has 108 valence electrons. The first-order valence-corrected chi connectivity index (χ1v) is 7.83. The number of halogens is 1. The molecule has 0 atom stereocenters. The summed E-state index contributed by atoms with van der Waals surface area (Å²) < 4.78 is 0.969. The normalized spacial score (nSPS) is 15.7. The van der Waals surface area contributed by atoms with Crippen molar-refractivity contribution in [3.05, 3.63) is 59.1 Å². The average Bonchev–Trinajstić information content (AvgIpc) is 2.55. The van der Waals surface area contributed by atoms with Crippen LogP contribution in [-0.4, -0.2) is 31.2 Å². The fourth-order valence-electron chi connectivity index (χ4n) is 2.33. The molecule has 1 saturated heterocycles. The molecule has 0 aromatic heterocycles. The summed E-state index contributed by atoms with van der Waals surface area (Å²) in [6.45, 7) is 3.73. The van der Waals surface area contributed by atoms with Crippen molar-refractivity contribution in [2.24, 2.45) is 10.3 Å². The van der Waals surface area contributed by atoms with Gasteiger partial charge in [0.1, 0.15) is 5.69 Å². The summed E-state index contributed by atoms with van der Waals surface area (Å²) in [4.78, 5) is 2.38. The number of para-hydroxylation sites is 1. The Bertz CT molecular complexity index is 607. The summed E-state index contributed by atoms with van der Waals surface area (Å²) in [6, 6.07) is 18.4. The molecule has 2 aromatic rings. The molecule has 0 saturated carbocycles. The molecule has 1 fully saturated rings. The van der Waals surface area contributed by atoms with Gasteiger partial charge >= 0.3 is 0 Å². The molecule has 21 heavy (non-hydrogen) atoms. The number of hydrogen-bond acceptors (Lipinski definition) is 3. The Kier molecular flexibility index (Phi) is 4.50. The topological polar surface area (TPSA) is 31.2 Å². The van der Waals surface area contributed by atoms with Crippen LogP contribution in [-0.2, 0) is 0 Å². The third-order valence-corrected chi connectivity index (χ3v) is 4.18. The zero-order valence-electron chi connectivity index (χ0n) is 11.7. The highest BCUT2D eigenvalue weighted by molar-refractivity contribution is 9.10. The van der Waals surface area contributed by atoms with Crippen LogP contribution in [0.25, 0.3) is 0 Å². The Morgan fingerprint density at radius 1 is 0.810 bits per heavy atom. The molecular weight excluding hydrogens is 328 g/mol. The van der Waals surface area contributed by atoms with Gasteiger partial charge in [-0.3, -0.25) is 5.01 Å². The standard InChI is InChI=1S/C16H17BrN4/c17-15-8-4-5-9-16(15)18-19-21-12-10-20(11-13-21)14-6-2-1-3-7-14/h1-9H,10-13H2/b19-18+. The summed E-state index contributed by atoms with van der Waals surface area (Å²) in [6.07, 6.45) is 0. The quantitative estimate of drug-likeness (QED) is 0.778. The molecule has 1 aliphatic rings. The molecule has 2 aromatic carbocycles. The van der Waals surface area contributed by atoms with Gasteiger partial charge in [-0.15, -0.1) is 5.11 Å². The predicted octanol–water partition coefficient (Wildman–Crippen LogP) is 4.27. The molecule has 0 unspecified atom stereocenters. The second kappa shape index (κ2) is 6.72. The second-order valence-corrected chi connectivity index (χ2v) is 5.77. The first-order valence-electron chi connectivity index (χ1n) is 7.04. The van der Waals surface area contributed by atoms with Gasteiger partial charge in [0.2, 0.25) is 0 Å². The number of nitrogens with zero attached hydrogens (tertiary/aromatic N) is 4. The monoisotopic (exact) mass is 344 g/mol. The van der Waals surface area contributed by atoms with Gasteiger partial charge in [-0.1, -0.05) is 35.6 Å².